The molecule has 0 radical (unpaired) electrons. The van der Waals surface area contributed by atoms with Gasteiger partial charge in [-0.3, -0.25) is 0 Å². The number of hydrogen-bond acceptors (Lipinski definition) is 1. The number of aromatic amines is 1. The first-order chi connectivity index (χ1) is 9.24. The second-order valence-corrected chi connectivity index (χ2v) is 5.52. The van der Waals surface area contributed by atoms with Crippen molar-refractivity contribution in [1.82, 2.24) is 4.98 Å². The van der Waals surface area contributed by atoms with Crippen molar-refractivity contribution in [3.05, 3.63) is 64.3 Å². The van der Waals surface area contributed by atoms with Gasteiger partial charge in [-0.1, -0.05) is 34.1 Å². The van der Waals surface area contributed by atoms with Gasteiger partial charge in [0.25, 0.3) is 0 Å². The largest absolute Gasteiger partial charge is 0.381 e. The fourth-order valence-electron chi connectivity index (χ4n) is 2.20. The van der Waals surface area contributed by atoms with Gasteiger partial charge in [-0.05, 0) is 47.7 Å². The van der Waals surface area contributed by atoms with Crippen LogP contribution in [0.2, 0.25) is 0 Å². The van der Waals surface area contributed by atoms with E-state index in [0.29, 0.717) is 0 Å². The lowest BCUT2D eigenvalue weighted by molar-refractivity contribution is 1.14. The van der Waals surface area contributed by atoms with Crippen LogP contribution in [-0.2, 0) is 6.54 Å². The number of rotatable bonds is 3. The number of halogens is 1. The molecule has 0 saturated carbocycles. The van der Waals surface area contributed by atoms with Crippen molar-refractivity contribution < 1.29 is 0 Å². The molecule has 3 heteroatoms. The van der Waals surface area contributed by atoms with E-state index >= 15 is 0 Å². The Morgan fingerprint density at radius 3 is 2.95 bits per heavy atom. The molecule has 0 aliphatic rings. The summed E-state index contributed by atoms with van der Waals surface area (Å²) in [6.45, 7) is 2.94. The number of hydrogen-bond donors (Lipinski definition) is 2. The first-order valence-corrected chi connectivity index (χ1v) is 7.08. The van der Waals surface area contributed by atoms with Gasteiger partial charge in [0.15, 0.2) is 0 Å². The molecule has 1 aromatic heterocycles. The van der Waals surface area contributed by atoms with Crippen molar-refractivity contribution >= 4 is 32.5 Å². The van der Waals surface area contributed by atoms with Crippen LogP contribution < -0.4 is 5.32 Å². The topological polar surface area (TPSA) is 27.8 Å². The third-order valence-electron chi connectivity index (χ3n) is 3.37. The summed E-state index contributed by atoms with van der Waals surface area (Å²) < 4.78 is 1.14. The van der Waals surface area contributed by atoms with Crippen LogP contribution in [0.25, 0.3) is 10.9 Å². The lowest BCUT2D eigenvalue weighted by atomic mass is 10.1. The van der Waals surface area contributed by atoms with Crippen LogP contribution in [-0.4, -0.2) is 4.98 Å². The highest BCUT2D eigenvalue weighted by Gasteiger charge is 2.02. The van der Waals surface area contributed by atoms with E-state index < -0.39 is 0 Å². The van der Waals surface area contributed by atoms with Crippen molar-refractivity contribution in [2.45, 2.75) is 13.5 Å². The summed E-state index contributed by atoms with van der Waals surface area (Å²) in [6, 6.07) is 14.8. The Labute approximate surface area is 121 Å². The Hall–Kier alpha value is -1.74. The average Bonchev–Trinajstić information content (AvgIpc) is 2.88. The second kappa shape index (κ2) is 5.10. The normalized spacial score (nSPS) is 10.8. The average molecular weight is 315 g/mol. The van der Waals surface area contributed by atoms with E-state index in [0.717, 1.165) is 11.0 Å². The second-order valence-electron chi connectivity index (χ2n) is 4.67. The van der Waals surface area contributed by atoms with Crippen LogP contribution in [0, 0.1) is 6.92 Å². The van der Waals surface area contributed by atoms with Gasteiger partial charge < -0.3 is 10.3 Å². The molecule has 0 unspecified atom stereocenters. The van der Waals surface area contributed by atoms with Crippen LogP contribution in [0.1, 0.15) is 11.1 Å². The van der Waals surface area contributed by atoms with E-state index in [1.165, 1.54) is 27.7 Å². The molecule has 0 amide bonds. The minimum Gasteiger partial charge on any atom is -0.381 e. The van der Waals surface area contributed by atoms with E-state index in [9.17, 15) is 0 Å². The van der Waals surface area contributed by atoms with E-state index in [1.807, 2.05) is 12.3 Å². The maximum atomic E-state index is 3.55. The van der Waals surface area contributed by atoms with Crippen molar-refractivity contribution in [3.63, 3.8) is 0 Å². The smallest absolute Gasteiger partial charge is 0.0457 e. The molecule has 2 N–H and O–H groups in total. The number of nitrogens with one attached hydrogen (secondary N) is 2. The summed E-state index contributed by atoms with van der Waals surface area (Å²) in [4.78, 5) is 3.24. The van der Waals surface area contributed by atoms with E-state index in [4.69, 9.17) is 0 Å². The van der Waals surface area contributed by atoms with Gasteiger partial charge in [0.1, 0.15) is 0 Å². The van der Waals surface area contributed by atoms with Crippen molar-refractivity contribution in [3.8, 4) is 0 Å². The van der Waals surface area contributed by atoms with E-state index in [1.54, 1.807) is 0 Å². The standard InChI is InChI=1S/C16H15BrN2/c1-11-14(17)3-2-4-15(11)19-10-12-5-6-13-7-8-18-16(13)9-12/h2-9,18-19H,10H2,1H3. The Morgan fingerprint density at radius 2 is 2.05 bits per heavy atom. The van der Waals surface area contributed by atoms with Gasteiger partial charge >= 0.3 is 0 Å². The molecule has 19 heavy (non-hydrogen) atoms. The maximum Gasteiger partial charge on any atom is 0.0457 e. The molecule has 0 spiro atoms. The van der Waals surface area contributed by atoms with Gasteiger partial charge in [-0.15, -0.1) is 0 Å². The summed E-state index contributed by atoms with van der Waals surface area (Å²) in [5, 5.41) is 4.74. The molecule has 96 valence electrons. The molecule has 0 fully saturated rings. The first-order valence-electron chi connectivity index (χ1n) is 6.29. The van der Waals surface area contributed by atoms with Gasteiger partial charge in [0.05, 0.1) is 0 Å². The zero-order valence-electron chi connectivity index (χ0n) is 10.7. The predicted octanol–water partition coefficient (Wildman–Crippen LogP) is 4.85. The molecular formula is C16H15BrN2. The highest BCUT2D eigenvalue weighted by Crippen LogP contribution is 2.24. The van der Waals surface area contributed by atoms with Crippen LogP contribution in [0.15, 0.2) is 53.1 Å². The van der Waals surface area contributed by atoms with Gasteiger partial charge in [-0.2, -0.15) is 0 Å². The molecule has 2 nitrogen and oxygen atoms in total. The summed E-state index contributed by atoms with van der Waals surface area (Å²) in [5.41, 5.74) is 4.86. The SMILES string of the molecule is Cc1c(Br)cccc1NCc1ccc2cc[nH]c2c1. The minimum absolute atomic E-state index is 0.826. The molecule has 3 aromatic rings. The third kappa shape index (κ3) is 2.51. The summed E-state index contributed by atoms with van der Waals surface area (Å²) >= 11 is 3.55. The van der Waals surface area contributed by atoms with Gasteiger partial charge in [0.2, 0.25) is 0 Å². The van der Waals surface area contributed by atoms with Crippen molar-refractivity contribution in [1.29, 1.82) is 0 Å². The highest BCUT2D eigenvalue weighted by atomic mass is 79.9. The fraction of sp³-hybridized carbons (Fsp3) is 0.125. The minimum atomic E-state index is 0.826. The van der Waals surface area contributed by atoms with Gasteiger partial charge in [-0.25, -0.2) is 0 Å². The maximum absolute atomic E-state index is 3.55. The lowest BCUT2D eigenvalue weighted by Gasteiger charge is -2.11. The van der Waals surface area contributed by atoms with E-state index in [2.05, 4.69) is 69.6 Å². The molecule has 1 heterocycles. The molecule has 3 rings (SSSR count). The quantitative estimate of drug-likeness (QED) is 0.710. The monoisotopic (exact) mass is 314 g/mol. The Balaban J connectivity index is 1.80. The Morgan fingerprint density at radius 1 is 1.16 bits per heavy atom. The van der Waals surface area contributed by atoms with E-state index in [-0.39, 0.29) is 0 Å². The first kappa shape index (κ1) is 12.3. The Kier molecular flexibility index (Phi) is 3.30. The third-order valence-corrected chi connectivity index (χ3v) is 4.23. The summed E-state index contributed by atoms with van der Waals surface area (Å²) in [6.07, 6.45) is 1.97. The molecule has 0 aliphatic heterocycles. The molecule has 0 aliphatic carbocycles. The highest BCUT2D eigenvalue weighted by molar-refractivity contribution is 9.10. The Bertz CT molecular complexity index is 716. The number of benzene rings is 2. The van der Waals surface area contributed by atoms with Crippen LogP contribution in [0.4, 0.5) is 5.69 Å². The van der Waals surface area contributed by atoms with Crippen molar-refractivity contribution in [2.24, 2.45) is 0 Å². The molecule has 2 aromatic carbocycles. The van der Waals surface area contributed by atoms with Crippen molar-refractivity contribution in [2.75, 3.05) is 5.32 Å². The number of fused-ring (bicyclic) bond motifs is 1. The fourth-order valence-corrected chi connectivity index (χ4v) is 2.57. The van der Waals surface area contributed by atoms with Gasteiger partial charge in [0, 0.05) is 28.4 Å². The number of H-pyrrole nitrogens is 1. The zero-order chi connectivity index (χ0) is 13.2. The number of anilines is 1. The van der Waals surface area contributed by atoms with Crippen LogP contribution in [0.3, 0.4) is 0 Å². The molecule has 0 atom stereocenters. The lowest BCUT2D eigenvalue weighted by Crippen LogP contribution is -2.01. The summed E-state index contributed by atoms with van der Waals surface area (Å²) in [5.74, 6) is 0. The van der Waals surface area contributed by atoms with Crippen LogP contribution >= 0.6 is 15.9 Å². The van der Waals surface area contributed by atoms with Crippen LogP contribution in [0.5, 0.6) is 0 Å². The molecule has 0 bridgehead atoms. The summed E-state index contributed by atoms with van der Waals surface area (Å²) in [7, 11) is 0. The number of aromatic nitrogens is 1. The predicted molar refractivity (Wildman–Crippen MR) is 84.5 cm³/mol. The molecule has 0 saturated heterocycles. The zero-order valence-corrected chi connectivity index (χ0v) is 12.3. The molecular weight excluding hydrogens is 300 g/mol.